The van der Waals surface area contributed by atoms with E-state index in [1.165, 1.54) is 6.92 Å². The van der Waals surface area contributed by atoms with Gasteiger partial charge in [-0.15, -0.1) is 0 Å². The Kier molecular flexibility index (Phi) is 4.07. The maximum atomic E-state index is 12.4. The van der Waals surface area contributed by atoms with Gasteiger partial charge in [-0.25, -0.2) is 14.2 Å². The number of rotatable bonds is 2. The summed E-state index contributed by atoms with van der Waals surface area (Å²) in [5.74, 6) is -0.534. The molecule has 0 spiro atoms. The van der Waals surface area contributed by atoms with E-state index in [9.17, 15) is 14.4 Å². The van der Waals surface area contributed by atoms with Crippen LogP contribution in [0.25, 0.3) is 11.0 Å². The number of H-pyrrole nitrogens is 1. The number of aromatic nitrogens is 2. The first-order valence-corrected chi connectivity index (χ1v) is 6.92. The van der Waals surface area contributed by atoms with E-state index in [-0.39, 0.29) is 0 Å². The quantitative estimate of drug-likeness (QED) is 0.886. The number of carbonyl (C=O) groups excluding carboxylic acids is 2. The molecule has 2 aromatic rings. The van der Waals surface area contributed by atoms with Crippen LogP contribution in [0.4, 0.5) is 4.79 Å². The lowest BCUT2D eigenvalue weighted by molar-refractivity contribution is 0.0488. The molecule has 118 valence electrons. The maximum Gasteiger partial charge on any atom is 0.408 e. The van der Waals surface area contributed by atoms with Gasteiger partial charge in [0.05, 0.1) is 11.0 Å². The monoisotopic (exact) mass is 305 g/mol. The normalized spacial score (nSPS) is 12.9. The molecule has 1 aromatic heterocycles. The number of hydrogen-bond donors (Lipinski definition) is 2. The first-order valence-electron chi connectivity index (χ1n) is 6.92. The van der Waals surface area contributed by atoms with Crippen LogP contribution in [0.15, 0.2) is 29.1 Å². The summed E-state index contributed by atoms with van der Waals surface area (Å²) < 4.78 is 6.11. The van der Waals surface area contributed by atoms with Crippen molar-refractivity contribution in [3.8, 4) is 0 Å². The van der Waals surface area contributed by atoms with Crippen LogP contribution in [0.2, 0.25) is 0 Å². The Hall–Kier alpha value is -2.57. The Labute approximate surface area is 127 Å². The molecule has 0 saturated carbocycles. The minimum absolute atomic E-state index is 0.468. The van der Waals surface area contributed by atoms with Crippen molar-refractivity contribution in [1.82, 2.24) is 14.9 Å². The lowest BCUT2D eigenvalue weighted by atomic mass is 10.2. The van der Waals surface area contributed by atoms with E-state index >= 15 is 0 Å². The van der Waals surface area contributed by atoms with Gasteiger partial charge in [0.15, 0.2) is 0 Å². The molecule has 0 aliphatic carbocycles. The van der Waals surface area contributed by atoms with E-state index in [2.05, 4.69) is 10.3 Å². The van der Waals surface area contributed by atoms with Gasteiger partial charge < -0.3 is 15.0 Å². The Bertz CT molecular complexity index is 767. The number of hydrogen-bond acceptors (Lipinski definition) is 4. The van der Waals surface area contributed by atoms with Crippen LogP contribution in [0.1, 0.15) is 32.5 Å². The molecule has 0 aliphatic heterocycles. The lowest BCUT2D eigenvalue weighted by Gasteiger charge is -2.21. The number of ether oxygens (including phenoxy) is 1. The van der Waals surface area contributed by atoms with E-state index < -0.39 is 29.3 Å². The molecule has 7 heteroatoms. The summed E-state index contributed by atoms with van der Waals surface area (Å²) in [6.45, 7) is 6.68. The highest BCUT2D eigenvalue weighted by molar-refractivity contribution is 5.94. The van der Waals surface area contributed by atoms with Gasteiger partial charge in [-0.05, 0) is 39.8 Å². The van der Waals surface area contributed by atoms with Gasteiger partial charge in [0.2, 0.25) is 0 Å². The van der Waals surface area contributed by atoms with Crippen molar-refractivity contribution in [2.75, 3.05) is 0 Å². The second kappa shape index (κ2) is 5.67. The number of amides is 1. The standard InChI is InChI=1S/C15H19N3O4/c1-9(16-14(21)22-15(2,3)4)12(19)18-11-8-6-5-7-10(11)17-13(18)20/h5-9H,1-4H3,(H,16,21)(H,17,20)/t9-/m0/s1. The number of nitrogens with one attached hydrogen (secondary N) is 2. The molecule has 7 nitrogen and oxygen atoms in total. The highest BCUT2D eigenvalue weighted by Crippen LogP contribution is 2.10. The summed E-state index contributed by atoms with van der Waals surface area (Å²) in [4.78, 5) is 38.7. The number of aromatic amines is 1. The third kappa shape index (κ3) is 3.36. The zero-order valence-corrected chi connectivity index (χ0v) is 13.0. The number of para-hydroxylation sites is 2. The topological polar surface area (TPSA) is 93.2 Å². The molecule has 0 aliphatic rings. The van der Waals surface area contributed by atoms with Gasteiger partial charge in [0.25, 0.3) is 5.91 Å². The number of benzene rings is 1. The second-order valence-electron chi connectivity index (χ2n) is 5.99. The lowest BCUT2D eigenvalue weighted by Crippen LogP contribution is -2.45. The summed E-state index contributed by atoms with van der Waals surface area (Å²) >= 11 is 0. The van der Waals surface area contributed by atoms with Gasteiger partial charge in [0.1, 0.15) is 11.6 Å². The molecule has 22 heavy (non-hydrogen) atoms. The predicted molar refractivity (Wildman–Crippen MR) is 82.0 cm³/mol. The molecule has 0 bridgehead atoms. The molecular weight excluding hydrogens is 286 g/mol. The summed E-state index contributed by atoms with van der Waals surface area (Å²) in [7, 11) is 0. The Morgan fingerprint density at radius 1 is 1.27 bits per heavy atom. The number of fused-ring (bicyclic) bond motifs is 1. The van der Waals surface area contributed by atoms with Crippen LogP contribution in [0, 0.1) is 0 Å². The summed E-state index contributed by atoms with van der Waals surface area (Å²) in [5.41, 5.74) is -0.172. The summed E-state index contributed by atoms with van der Waals surface area (Å²) in [6.07, 6.45) is -0.707. The van der Waals surface area contributed by atoms with Crippen molar-refractivity contribution in [2.24, 2.45) is 0 Å². The van der Waals surface area contributed by atoms with Crippen molar-refractivity contribution >= 4 is 23.0 Å². The van der Waals surface area contributed by atoms with E-state index in [4.69, 9.17) is 4.74 Å². The summed E-state index contributed by atoms with van der Waals surface area (Å²) in [5, 5.41) is 2.43. The molecule has 0 unspecified atom stereocenters. The van der Waals surface area contributed by atoms with E-state index in [0.717, 1.165) is 4.57 Å². The molecule has 2 N–H and O–H groups in total. The largest absolute Gasteiger partial charge is 0.444 e. The smallest absolute Gasteiger partial charge is 0.408 e. The zero-order chi connectivity index (χ0) is 16.5. The van der Waals surface area contributed by atoms with Crippen LogP contribution in [0.5, 0.6) is 0 Å². The first-order chi connectivity index (χ1) is 10.2. The fourth-order valence-corrected chi connectivity index (χ4v) is 2.01. The highest BCUT2D eigenvalue weighted by Gasteiger charge is 2.24. The summed E-state index contributed by atoms with van der Waals surface area (Å²) in [6, 6.07) is 5.95. The third-order valence-electron chi connectivity index (χ3n) is 2.91. The van der Waals surface area contributed by atoms with Gasteiger partial charge >= 0.3 is 11.8 Å². The van der Waals surface area contributed by atoms with E-state index in [1.54, 1.807) is 45.0 Å². The number of nitrogens with zero attached hydrogens (tertiary/aromatic N) is 1. The van der Waals surface area contributed by atoms with Crippen LogP contribution in [-0.4, -0.2) is 33.2 Å². The van der Waals surface area contributed by atoms with E-state index in [1.807, 2.05) is 0 Å². The van der Waals surface area contributed by atoms with Crippen molar-refractivity contribution in [2.45, 2.75) is 39.3 Å². The number of alkyl carbamates (subject to hydrolysis) is 1. The molecule has 0 saturated heterocycles. The Morgan fingerprint density at radius 3 is 2.55 bits per heavy atom. The number of carbonyl (C=O) groups is 2. The van der Waals surface area contributed by atoms with Crippen LogP contribution >= 0.6 is 0 Å². The van der Waals surface area contributed by atoms with Crippen molar-refractivity contribution in [3.05, 3.63) is 34.7 Å². The molecule has 0 fully saturated rings. The third-order valence-corrected chi connectivity index (χ3v) is 2.91. The average Bonchev–Trinajstić information content (AvgIpc) is 2.71. The first kappa shape index (κ1) is 15.8. The molecule has 0 radical (unpaired) electrons. The van der Waals surface area contributed by atoms with Crippen LogP contribution < -0.4 is 11.0 Å². The van der Waals surface area contributed by atoms with Crippen LogP contribution in [0.3, 0.4) is 0 Å². The van der Waals surface area contributed by atoms with Gasteiger partial charge in [0, 0.05) is 0 Å². The van der Waals surface area contributed by atoms with E-state index in [0.29, 0.717) is 11.0 Å². The van der Waals surface area contributed by atoms with Crippen molar-refractivity contribution in [3.63, 3.8) is 0 Å². The molecular formula is C15H19N3O4. The second-order valence-corrected chi connectivity index (χ2v) is 5.99. The predicted octanol–water partition coefficient (Wildman–Crippen LogP) is 1.88. The molecule has 2 rings (SSSR count). The van der Waals surface area contributed by atoms with Crippen molar-refractivity contribution < 1.29 is 14.3 Å². The minimum atomic E-state index is -0.897. The van der Waals surface area contributed by atoms with Gasteiger partial charge in [-0.1, -0.05) is 12.1 Å². The molecule has 1 heterocycles. The van der Waals surface area contributed by atoms with Crippen LogP contribution in [-0.2, 0) is 4.74 Å². The fourth-order valence-electron chi connectivity index (χ4n) is 2.01. The van der Waals surface area contributed by atoms with Crippen molar-refractivity contribution in [1.29, 1.82) is 0 Å². The van der Waals surface area contributed by atoms with Gasteiger partial charge in [-0.2, -0.15) is 0 Å². The molecule has 1 atom stereocenters. The number of imidazole rings is 1. The maximum absolute atomic E-state index is 12.4. The molecule has 1 amide bonds. The minimum Gasteiger partial charge on any atom is -0.444 e. The SMILES string of the molecule is C[C@H](NC(=O)OC(C)(C)C)C(=O)n1c(=O)[nH]c2ccccc21. The fraction of sp³-hybridized carbons (Fsp3) is 0.400. The molecule has 1 aromatic carbocycles. The average molecular weight is 305 g/mol. The van der Waals surface area contributed by atoms with Gasteiger partial charge in [-0.3, -0.25) is 4.79 Å². The highest BCUT2D eigenvalue weighted by atomic mass is 16.6. The zero-order valence-electron chi connectivity index (χ0n) is 13.0. The Morgan fingerprint density at radius 2 is 1.91 bits per heavy atom. The Balaban J connectivity index is 2.22.